The Balaban J connectivity index is 1.78. The monoisotopic (exact) mass is 447 g/mol. The fraction of sp³-hybridized carbons (Fsp3) is 0.240. The van der Waals surface area contributed by atoms with Gasteiger partial charge in [0.15, 0.2) is 0 Å². The molecule has 0 bridgehead atoms. The Labute approximate surface area is 191 Å². The number of carbonyl (C=O) groups is 3. The van der Waals surface area contributed by atoms with Crippen molar-refractivity contribution in [3.05, 3.63) is 76.5 Å². The van der Waals surface area contributed by atoms with Gasteiger partial charge in [-0.2, -0.15) is 0 Å². The van der Waals surface area contributed by atoms with E-state index >= 15 is 0 Å². The first kappa shape index (κ1) is 22.1. The van der Waals surface area contributed by atoms with Gasteiger partial charge in [-0.3, -0.25) is 4.79 Å². The molecule has 1 aliphatic heterocycles. The fourth-order valence-electron chi connectivity index (χ4n) is 4.29. The lowest BCUT2D eigenvalue weighted by Gasteiger charge is -2.27. The van der Waals surface area contributed by atoms with Crippen LogP contribution in [0, 0.1) is 6.92 Å². The maximum Gasteiger partial charge on any atom is 0.407 e. The van der Waals surface area contributed by atoms with Crippen LogP contribution in [0.4, 0.5) is 10.5 Å². The summed E-state index contributed by atoms with van der Waals surface area (Å²) in [6.45, 7) is 2.34. The van der Waals surface area contributed by atoms with Gasteiger partial charge in [0.1, 0.15) is 0 Å². The van der Waals surface area contributed by atoms with Crippen molar-refractivity contribution in [1.82, 2.24) is 9.47 Å². The number of rotatable bonds is 4. The molecule has 8 heteroatoms. The number of fused-ring (bicyclic) bond motifs is 1. The van der Waals surface area contributed by atoms with Crippen LogP contribution >= 0.6 is 0 Å². The summed E-state index contributed by atoms with van der Waals surface area (Å²) < 4.78 is 1.83. The molecule has 0 saturated heterocycles. The number of para-hydroxylation sites is 1. The second kappa shape index (κ2) is 8.46. The molecule has 0 spiro atoms. The number of aromatic carboxylic acids is 1. The predicted octanol–water partition coefficient (Wildman–Crippen LogP) is 4.01. The smallest absolute Gasteiger partial charge is 0.407 e. The minimum absolute atomic E-state index is 0.0806. The first-order valence-electron chi connectivity index (χ1n) is 10.6. The van der Waals surface area contributed by atoms with Crippen molar-refractivity contribution >= 4 is 23.7 Å². The molecule has 3 aromatic rings. The molecule has 0 radical (unpaired) electrons. The van der Waals surface area contributed by atoms with Crippen LogP contribution in [-0.4, -0.2) is 51.2 Å². The lowest BCUT2D eigenvalue weighted by Crippen LogP contribution is -2.35. The van der Waals surface area contributed by atoms with Crippen molar-refractivity contribution in [2.24, 2.45) is 7.05 Å². The quantitative estimate of drug-likeness (QED) is 0.629. The van der Waals surface area contributed by atoms with E-state index in [4.69, 9.17) is 0 Å². The summed E-state index contributed by atoms with van der Waals surface area (Å²) in [5.41, 5.74) is 4.80. The van der Waals surface area contributed by atoms with Gasteiger partial charge in [-0.15, -0.1) is 0 Å². The molecule has 2 amide bonds. The number of hydrogen-bond donors (Lipinski definition) is 2. The normalized spacial score (nSPS) is 12.9. The van der Waals surface area contributed by atoms with Crippen molar-refractivity contribution in [3.63, 3.8) is 0 Å². The van der Waals surface area contributed by atoms with Gasteiger partial charge in [-0.25, -0.2) is 9.59 Å². The van der Waals surface area contributed by atoms with Crippen LogP contribution < -0.4 is 4.90 Å². The van der Waals surface area contributed by atoms with E-state index in [0.717, 1.165) is 16.9 Å². The molecule has 2 N–H and O–H groups in total. The molecule has 0 unspecified atom stereocenters. The number of carboxylic acid groups (broad SMARTS) is 2. The average Bonchev–Trinajstić information content (AvgIpc) is 3.11. The maximum absolute atomic E-state index is 13.2. The highest BCUT2D eigenvalue weighted by molar-refractivity contribution is 6.08. The van der Waals surface area contributed by atoms with Crippen LogP contribution in [0.25, 0.3) is 11.3 Å². The number of anilines is 1. The number of nitrogens with zero attached hydrogens (tertiary/aromatic N) is 3. The number of carboxylic acids is 1. The van der Waals surface area contributed by atoms with E-state index in [1.165, 1.54) is 4.90 Å². The van der Waals surface area contributed by atoms with E-state index in [0.29, 0.717) is 35.3 Å². The van der Waals surface area contributed by atoms with E-state index in [2.05, 4.69) is 0 Å². The first-order chi connectivity index (χ1) is 15.7. The Kier molecular flexibility index (Phi) is 5.68. The standard InChI is InChI=1S/C25H25N3O5/c1-15-19(23(29)27(3)18-7-5-4-6-8-18)13-22(26(15)2)20-11-16-9-10-28(25(32)33)14-17(16)12-21(20)24(30)31/h4-8,11-13H,9-10,14H2,1-3H3,(H,30,31)(H,32,33). The molecular weight excluding hydrogens is 422 g/mol. The Morgan fingerprint density at radius 3 is 2.30 bits per heavy atom. The number of hydrogen-bond acceptors (Lipinski definition) is 3. The van der Waals surface area contributed by atoms with Crippen molar-refractivity contribution in [1.29, 1.82) is 0 Å². The number of aromatic nitrogens is 1. The molecule has 33 heavy (non-hydrogen) atoms. The summed E-state index contributed by atoms with van der Waals surface area (Å²) in [5.74, 6) is -1.29. The summed E-state index contributed by atoms with van der Waals surface area (Å²) in [7, 11) is 3.51. The van der Waals surface area contributed by atoms with E-state index in [1.807, 2.05) is 47.9 Å². The Hall–Kier alpha value is -4.07. The molecule has 2 aromatic carbocycles. The first-order valence-corrected chi connectivity index (χ1v) is 10.6. The average molecular weight is 447 g/mol. The summed E-state index contributed by atoms with van der Waals surface area (Å²) in [6, 6.07) is 14.4. The molecule has 0 atom stereocenters. The Bertz CT molecular complexity index is 1260. The van der Waals surface area contributed by atoms with Gasteiger partial charge in [0, 0.05) is 49.8 Å². The van der Waals surface area contributed by atoms with Crippen LogP contribution in [0.1, 0.15) is 37.5 Å². The second-order valence-electron chi connectivity index (χ2n) is 8.21. The zero-order chi connectivity index (χ0) is 23.9. The topological polar surface area (TPSA) is 103 Å². The molecule has 170 valence electrons. The van der Waals surface area contributed by atoms with Crippen LogP contribution in [0.2, 0.25) is 0 Å². The number of carbonyl (C=O) groups excluding carboxylic acids is 1. The molecule has 1 aromatic heterocycles. The van der Waals surface area contributed by atoms with Crippen molar-refractivity contribution < 1.29 is 24.6 Å². The van der Waals surface area contributed by atoms with E-state index in [-0.39, 0.29) is 18.0 Å². The largest absolute Gasteiger partial charge is 0.478 e. The van der Waals surface area contributed by atoms with E-state index in [9.17, 15) is 24.6 Å². The highest BCUT2D eigenvalue weighted by Crippen LogP contribution is 2.33. The molecule has 8 nitrogen and oxygen atoms in total. The predicted molar refractivity (Wildman–Crippen MR) is 124 cm³/mol. The summed E-state index contributed by atoms with van der Waals surface area (Å²) in [4.78, 5) is 39.6. The Morgan fingerprint density at radius 1 is 0.970 bits per heavy atom. The fourth-order valence-corrected chi connectivity index (χ4v) is 4.29. The van der Waals surface area contributed by atoms with E-state index in [1.54, 1.807) is 31.1 Å². The summed E-state index contributed by atoms with van der Waals surface area (Å²) >= 11 is 0. The van der Waals surface area contributed by atoms with E-state index < -0.39 is 12.1 Å². The number of benzene rings is 2. The van der Waals surface area contributed by atoms with Crippen molar-refractivity contribution in [3.8, 4) is 11.3 Å². The van der Waals surface area contributed by atoms with Gasteiger partial charge < -0.3 is 24.6 Å². The van der Waals surface area contributed by atoms with Gasteiger partial charge in [-0.05, 0) is 54.8 Å². The number of amides is 2. The lowest BCUT2D eigenvalue weighted by atomic mass is 9.92. The molecular formula is C25H25N3O5. The van der Waals surface area contributed by atoms with Gasteiger partial charge in [-0.1, -0.05) is 18.2 Å². The van der Waals surface area contributed by atoms with Crippen LogP contribution in [0.5, 0.6) is 0 Å². The zero-order valence-corrected chi connectivity index (χ0v) is 18.7. The third-order valence-corrected chi connectivity index (χ3v) is 6.34. The summed E-state index contributed by atoms with van der Waals surface area (Å²) in [5, 5.41) is 19.2. The van der Waals surface area contributed by atoms with Gasteiger partial charge >= 0.3 is 12.1 Å². The SMILES string of the molecule is Cc1c(C(=O)N(C)c2ccccc2)cc(-c2cc3c(cc2C(=O)O)CN(C(=O)O)CC3)n1C. The van der Waals surface area contributed by atoms with Crippen molar-refractivity contribution in [2.45, 2.75) is 19.9 Å². The highest BCUT2D eigenvalue weighted by atomic mass is 16.4. The van der Waals surface area contributed by atoms with Gasteiger partial charge in [0.05, 0.1) is 11.1 Å². The maximum atomic E-state index is 13.2. The minimum atomic E-state index is -1.10. The second-order valence-corrected chi connectivity index (χ2v) is 8.21. The molecule has 0 aliphatic carbocycles. The zero-order valence-electron chi connectivity index (χ0n) is 18.7. The third kappa shape index (κ3) is 3.95. The molecule has 0 fully saturated rings. The Morgan fingerprint density at radius 2 is 1.67 bits per heavy atom. The van der Waals surface area contributed by atoms with Crippen LogP contribution in [0.15, 0.2) is 48.5 Å². The lowest BCUT2D eigenvalue weighted by molar-refractivity contribution is 0.0697. The van der Waals surface area contributed by atoms with Crippen molar-refractivity contribution in [2.75, 3.05) is 18.5 Å². The summed E-state index contributed by atoms with van der Waals surface area (Å²) in [6.07, 6.45) is -0.522. The molecule has 2 heterocycles. The molecule has 4 rings (SSSR count). The van der Waals surface area contributed by atoms with Crippen LogP contribution in [0.3, 0.4) is 0 Å². The molecule has 1 aliphatic rings. The van der Waals surface area contributed by atoms with Gasteiger partial charge in [0.2, 0.25) is 0 Å². The van der Waals surface area contributed by atoms with Crippen LogP contribution in [-0.2, 0) is 20.0 Å². The third-order valence-electron chi connectivity index (χ3n) is 6.34. The highest BCUT2D eigenvalue weighted by Gasteiger charge is 2.26. The molecule has 0 saturated carbocycles. The minimum Gasteiger partial charge on any atom is -0.478 e. The van der Waals surface area contributed by atoms with Gasteiger partial charge in [0.25, 0.3) is 5.91 Å².